The zero-order chi connectivity index (χ0) is 23.5. The summed E-state index contributed by atoms with van der Waals surface area (Å²) in [4.78, 5) is 5.34. The summed E-state index contributed by atoms with van der Waals surface area (Å²) >= 11 is 18.2. The van der Waals surface area contributed by atoms with Gasteiger partial charge in [-0.3, -0.25) is 0 Å². The summed E-state index contributed by atoms with van der Waals surface area (Å²) < 4.78 is 6.05. The van der Waals surface area contributed by atoms with Gasteiger partial charge in [0, 0.05) is 42.5 Å². The average molecular weight is 507 g/mol. The van der Waals surface area contributed by atoms with Crippen LogP contribution in [0.3, 0.4) is 0 Å². The van der Waals surface area contributed by atoms with Crippen LogP contribution in [0.1, 0.15) is 16.9 Å². The molecule has 0 spiro atoms. The van der Waals surface area contributed by atoms with E-state index in [4.69, 9.17) is 39.8 Å². The molecular weight excluding hydrogens is 483 g/mol. The standard InChI is InChI=1S/C28H24Cl2N2OS/c29-22-8-11-25(30)24(19-22)26-12-13-27(33-26)28(34)32-16-14-31(15-17-32)23-9-6-21(7-10-23)18-20-4-2-1-3-5-20/h1-13,19H,14-18H2. The van der Waals surface area contributed by atoms with Crippen molar-refractivity contribution in [1.82, 2.24) is 4.90 Å². The Morgan fingerprint density at radius 3 is 2.24 bits per heavy atom. The quantitative estimate of drug-likeness (QED) is 0.263. The largest absolute Gasteiger partial charge is 0.454 e. The molecule has 1 fully saturated rings. The molecule has 6 heteroatoms. The van der Waals surface area contributed by atoms with Crippen molar-refractivity contribution in [2.75, 3.05) is 31.1 Å². The number of furan rings is 1. The second kappa shape index (κ2) is 10.2. The van der Waals surface area contributed by atoms with E-state index < -0.39 is 0 Å². The van der Waals surface area contributed by atoms with Crippen molar-refractivity contribution in [3.05, 3.63) is 112 Å². The van der Waals surface area contributed by atoms with Crippen molar-refractivity contribution in [3.8, 4) is 11.3 Å². The van der Waals surface area contributed by atoms with Crippen LogP contribution in [-0.4, -0.2) is 36.1 Å². The highest BCUT2D eigenvalue weighted by atomic mass is 35.5. The van der Waals surface area contributed by atoms with Crippen molar-refractivity contribution in [2.45, 2.75) is 6.42 Å². The first kappa shape index (κ1) is 23.0. The average Bonchev–Trinajstić information content (AvgIpc) is 3.36. The zero-order valence-corrected chi connectivity index (χ0v) is 20.9. The lowest BCUT2D eigenvalue weighted by atomic mass is 10.0. The molecule has 0 saturated carbocycles. The van der Waals surface area contributed by atoms with Crippen LogP contribution in [0.25, 0.3) is 11.3 Å². The lowest BCUT2D eigenvalue weighted by Crippen LogP contribution is -2.48. The molecule has 1 aromatic heterocycles. The van der Waals surface area contributed by atoms with Gasteiger partial charge in [0.25, 0.3) is 0 Å². The fraction of sp³-hybridized carbons (Fsp3) is 0.179. The molecule has 0 bridgehead atoms. The molecule has 0 amide bonds. The molecule has 0 unspecified atom stereocenters. The van der Waals surface area contributed by atoms with E-state index in [1.54, 1.807) is 18.2 Å². The molecule has 1 saturated heterocycles. The lowest BCUT2D eigenvalue weighted by Gasteiger charge is -2.37. The van der Waals surface area contributed by atoms with E-state index >= 15 is 0 Å². The summed E-state index contributed by atoms with van der Waals surface area (Å²) in [6.45, 7) is 3.51. The molecule has 1 aliphatic rings. The molecule has 5 rings (SSSR count). The van der Waals surface area contributed by atoms with Crippen LogP contribution in [0.15, 0.2) is 89.3 Å². The third-order valence-electron chi connectivity index (χ3n) is 6.13. The van der Waals surface area contributed by atoms with Crippen LogP contribution >= 0.6 is 35.4 Å². The van der Waals surface area contributed by atoms with Crippen LogP contribution < -0.4 is 4.90 Å². The van der Waals surface area contributed by atoms with Crippen LogP contribution in [0.5, 0.6) is 0 Å². The fourth-order valence-electron chi connectivity index (χ4n) is 4.26. The normalized spacial score (nSPS) is 13.8. The Hall–Kier alpha value is -2.79. The molecular formula is C28H24Cl2N2OS. The SMILES string of the molecule is S=C(c1ccc(-c2cc(Cl)ccc2Cl)o1)N1CCN(c2ccc(Cc3ccccc3)cc2)CC1. The first-order valence-corrected chi connectivity index (χ1v) is 12.5. The van der Waals surface area contributed by atoms with Gasteiger partial charge in [-0.25, -0.2) is 0 Å². The lowest BCUT2D eigenvalue weighted by molar-refractivity contribution is 0.385. The van der Waals surface area contributed by atoms with Gasteiger partial charge in [0.05, 0.1) is 5.02 Å². The van der Waals surface area contributed by atoms with Crippen molar-refractivity contribution in [3.63, 3.8) is 0 Å². The molecule has 3 aromatic carbocycles. The van der Waals surface area contributed by atoms with E-state index in [-0.39, 0.29) is 0 Å². The Labute approximate surface area is 215 Å². The number of halogens is 2. The number of rotatable bonds is 5. The molecule has 1 aliphatic heterocycles. The monoisotopic (exact) mass is 506 g/mol. The van der Waals surface area contributed by atoms with Gasteiger partial charge >= 0.3 is 0 Å². The molecule has 0 aliphatic carbocycles. The molecule has 172 valence electrons. The number of anilines is 1. The second-order valence-corrected chi connectivity index (χ2v) is 9.63. The third-order valence-corrected chi connectivity index (χ3v) is 7.15. The highest BCUT2D eigenvalue weighted by molar-refractivity contribution is 7.80. The van der Waals surface area contributed by atoms with Gasteiger partial charge in [-0.05, 0) is 60.0 Å². The maximum Gasteiger partial charge on any atom is 0.162 e. The Morgan fingerprint density at radius 1 is 0.794 bits per heavy atom. The van der Waals surface area contributed by atoms with Gasteiger partial charge < -0.3 is 14.2 Å². The maximum atomic E-state index is 6.33. The van der Waals surface area contributed by atoms with Gasteiger partial charge in [-0.2, -0.15) is 0 Å². The Kier molecular flexibility index (Phi) is 6.91. The number of benzene rings is 3. The summed E-state index contributed by atoms with van der Waals surface area (Å²) in [5.41, 5.74) is 4.67. The number of hydrogen-bond acceptors (Lipinski definition) is 3. The zero-order valence-electron chi connectivity index (χ0n) is 18.6. The van der Waals surface area contributed by atoms with Gasteiger partial charge in [0.1, 0.15) is 10.7 Å². The van der Waals surface area contributed by atoms with Crippen molar-refractivity contribution in [2.24, 2.45) is 0 Å². The molecule has 4 aromatic rings. The van der Waals surface area contributed by atoms with Gasteiger partial charge in [-0.15, -0.1) is 0 Å². The van der Waals surface area contributed by atoms with Crippen molar-refractivity contribution in [1.29, 1.82) is 0 Å². The minimum Gasteiger partial charge on any atom is -0.454 e. The van der Waals surface area contributed by atoms with Crippen LogP contribution in [0, 0.1) is 0 Å². The minimum atomic E-state index is 0.597. The van der Waals surface area contributed by atoms with E-state index in [2.05, 4.69) is 64.4 Å². The molecule has 3 nitrogen and oxygen atoms in total. The summed E-state index contributed by atoms with van der Waals surface area (Å²) in [7, 11) is 0. The van der Waals surface area contributed by atoms with Crippen LogP contribution in [0.2, 0.25) is 10.0 Å². The Bertz CT molecular complexity index is 1280. The summed E-state index contributed by atoms with van der Waals surface area (Å²) in [5, 5.41) is 1.21. The summed E-state index contributed by atoms with van der Waals surface area (Å²) in [5.74, 6) is 1.35. The van der Waals surface area contributed by atoms with Crippen LogP contribution in [0.4, 0.5) is 5.69 Å². The number of thiocarbonyl (C=S) groups is 1. The van der Waals surface area contributed by atoms with E-state index in [0.717, 1.165) is 43.2 Å². The summed E-state index contributed by atoms with van der Waals surface area (Å²) in [6, 6.07) is 28.6. The molecule has 2 heterocycles. The molecule has 34 heavy (non-hydrogen) atoms. The fourth-order valence-corrected chi connectivity index (χ4v) is 4.94. The Balaban J connectivity index is 1.20. The predicted molar refractivity (Wildman–Crippen MR) is 145 cm³/mol. The first-order chi connectivity index (χ1) is 16.6. The molecule has 0 radical (unpaired) electrons. The van der Waals surface area contributed by atoms with E-state index in [0.29, 0.717) is 21.6 Å². The highest BCUT2D eigenvalue weighted by Gasteiger charge is 2.22. The second-order valence-electron chi connectivity index (χ2n) is 8.40. The highest BCUT2D eigenvalue weighted by Crippen LogP contribution is 2.32. The predicted octanol–water partition coefficient (Wildman–Crippen LogP) is 7.34. The first-order valence-electron chi connectivity index (χ1n) is 11.3. The minimum absolute atomic E-state index is 0.597. The smallest absolute Gasteiger partial charge is 0.162 e. The maximum absolute atomic E-state index is 6.33. The van der Waals surface area contributed by atoms with E-state index in [1.807, 2.05) is 12.1 Å². The number of piperazine rings is 1. The Morgan fingerprint density at radius 2 is 1.50 bits per heavy atom. The van der Waals surface area contributed by atoms with Gasteiger partial charge in [-0.1, -0.05) is 77.9 Å². The number of hydrogen-bond donors (Lipinski definition) is 0. The number of nitrogens with zero attached hydrogens (tertiary/aromatic N) is 2. The van der Waals surface area contributed by atoms with E-state index in [1.165, 1.54) is 16.8 Å². The van der Waals surface area contributed by atoms with Crippen molar-refractivity contribution < 1.29 is 4.42 Å². The summed E-state index contributed by atoms with van der Waals surface area (Å²) in [6.07, 6.45) is 0.953. The molecule has 0 atom stereocenters. The van der Waals surface area contributed by atoms with E-state index in [9.17, 15) is 0 Å². The molecule has 0 N–H and O–H groups in total. The van der Waals surface area contributed by atoms with Gasteiger partial charge in [0.2, 0.25) is 0 Å². The third kappa shape index (κ3) is 5.15. The van der Waals surface area contributed by atoms with Crippen molar-refractivity contribution >= 4 is 46.1 Å². The van der Waals surface area contributed by atoms with Crippen LogP contribution in [-0.2, 0) is 6.42 Å². The van der Waals surface area contributed by atoms with Gasteiger partial charge in [0.15, 0.2) is 5.76 Å². The topological polar surface area (TPSA) is 19.6 Å².